The Kier molecular flexibility index (Phi) is 4.87. The number of aryl methyl sites for hydroxylation is 1. The third kappa shape index (κ3) is 3.63. The second-order valence-corrected chi connectivity index (χ2v) is 9.70. The van der Waals surface area contributed by atoms with Crippen molar-refractivity contribution in [3.05, 3.63) is 59.3 Å². The standard InChI is InChI=1S/C21H25N3O3S/c1-14(2)17-9-7-15-5-3-4-6-18(15)20(17)22-21(25)16-8-10-19-23-28(26,27)12-11-24(19)13-16/h3-6,8,10,13-14,17,20H,7,9,11-12H2,1-2H3,(H,22,25)/t17-,20-/m0/s1. The number of sulfonamides is 1. The van der Waals surface area contributed by atoms with Gasteiger partial charge in [-0.15, -0.1) is 4.40 Å². The van der Waals surface area contributed by atoms with E-state index < -0.39 is 10.0 Å². The van der Waals surface area contributed by atoms with Crippen molar-refractivity contribution < 1.29 is 13.2 Å². The fourth-order valence-corrected chi connectivity index (χ4v) is 5.22. The zero-order valence-electron chi connectivity index (χ0n) is 16.1. The van der Waals surface area contributed by atoms with Crippen LogP contribution in [0.15, 0.2) is 52.6 Å². The van der Waals surface area contributed by atoms with Crippen LogP contribution in [0.1, 0.15) is 37.4 Å². The van der Waals surface area contributed by atoms with Gasteiger partial charge < -0.3 is 10.2 Å². The Bertz CT molecular complexity index is 992. The van der Waals surface area contributed by atoms with E-state index in [1.54, 1.807) is 23.3 Å². The summed E-state index contributed by atoms with van der Waals surface area (Å²) in [5.74, 6) is 1.02. The number of rotatable bonds is 3. The van der Waals surface area contributed by atoms with E-state index in [1.165, 1.54) is 11.1 Å². The predicted octanol–water partition coefficient (Wildman–Crippen LogP) is 2.56. The van der Waals surface area contributed by atoms with Crippen molar-refractivity contribution in [3.63, 3.8) is 0 Å². The minimum atomic E-state index is -3.40. The molecule has 4 rings (SSSR count). The van der Waals surface area contributed by atoms with E-state index in [0.29, 0.717) is 29.8 Å². The highest BCUT2D eigenvalue weighted by Crippen LogP contribution is 2.38. The molecule has 0 saturated carbocycles. The molecule has 6 nitrogen and oxygen atoms in total. The minimum absolute atomic E-state index is 0.0245. The van der Waals surface area contributed by atoms with Crippen molar-refractivity contribution in [2.24, 2.45) is 16.2 Å². The first-order chi connectivity index (χ1) is 13.3. The molecule has 1 amide bonds. The number of amides is 1. The molecular weight excluding hydrogens is 374 g/mol. The lowest BCUT2D eigenvalue weighted by molar-refractivity contribution is -0.118. The lowest BCUT2D eigenvalue weighted by Gasteiger charge is -2.37. The second-order valence-electron chi connectivity index (χ2n) is 7.94. The molecule has 2 aliphatic heterocycles. The van der Waals surface area contributed by atoms with Crippen LogP contribution >= 0.6 is 0 Å². The van der Waals surface area contributed by atoms with E-state index in [-0.39, 0.29) is 17.7 Å². The number of hydrogen-bond acceptors (Lipinski definition) is 4. The molecule has 1 aromatic rings. The molecule has 0 radical (unpaired) electrons. The average Bonchev–Trinajstić information content (AvgIpc) is 2.67. The normalized spacial score (nSPS) is 25.5. The van der Waals surface area contributed by atoms with Gasteiger partial charge in [0.1, 0.15) is 5.84 Å². The Labute approximate surface area is 166 Å². The molecule has 0 unspecified atom stereocenters. The SMILES string of the molecule is CC(C)[C@@H]1CCc2ccccc2[C@H]1NC(=O)C1=CN2CCS(=O)(=O)N=C2C=C1. The maximum absolute atomic E-state index is 13.0. The maximum atomic E-state index is 13.0. The molecular formula is C21H25N3O3S. The molecule has 0 bridgehead atoms. The summed E-state index contributed by atoms with van der Waals surface area (Å²) in [5, 5.41) is 3.24. The smallest absolute Gasteiger partial charge is 0.256 e. The summed E-state index contributed by atoms with van der Waals surface area (Å²) in [6.07, 6.45) is 7.03. The Balaban J connectivity index is 1.58. The Morgan fingerprint density at radius 1 is 1.25 bits per heavy atom. The van der Waals surface area contributed by atoms with Crippen LogP contribution in [-0.2, 0) is 21.2 Å². The van der Waals surface area contributed by atoms with Gasteiger partial charge in [0.25, 0.3) is 15.9 Å². The number of benzene rings is 1. The van der Waals surface area contributed by atoms with Crippen LogP contribution in [0.5, 0.6) is 0 Å². The third-order valence-electron chi connectivity index (χ3n) is 5.79. The first-order valence-corrected chi connectivity index (χ1v) is 11.3. The number of amidine groups is 1. The van der Waals surface area contributed by atoms with Crippen molar-refractivity contribution in [1.29, 1.82) is 0 Å². The van der Waals surface area contributed by atoms with Gasteiger partial charge in [-0.05, 0) is 48.0 Å². The number of carbonyl (C=O) groups is 1. The van der Waals surface area contributed by atoms with E-state index >= 15 is 0 Å². The van der Waals surface area contributed by atoms with E-state index in [1.807, 2.05) is 12.1 Å². The largest absolute Gasteiger partial charge is 0.345 e. The van der Waals surface area contributed by atoms with Crippen LogP contribution < -0.4 is 5.32 Å². The monoisotopic (exact) mass is 399 g/mol. The highest BCUT2D eigenvalue weighted by molar-refractivity contribution is 7.90. The Morgan fingerprint density at radius 3 is 2.82 bits per heavy atom. The van der Waals surface area contributed by atoms with Gasteiger partial charge in [-0.2, -0.15) is 0 Å². The van der Waals surface area contributed by atoms with Crippen molar-refractivity contribution in [1.82, 2.24) is 10.2 Å². The number of carbonyl (C=O) groups excluding carboxylic acids is 1. The molecule has 0 aromatic heterocycles. The Hall–Kier alpha value is -2.41. The Morgan fingerprint density at radius 2 is 2.04 bits per heavy atom. The van der Waals surface area contributed by atoms with E-state index in [0.717, 1.165) is 12.8 Å². The molecule has 2 atom stereocenters. The van der Waals surface area contributed by atoms with Crippen molar-refractivity contribution >= 4 is 21.8 Å². The summed E-state index contributed by atoms with van der Waals surface area (Å²) >= 11 is 0. The zero-order valence-corrected chi connectivity index (χ0v) is 16.9. The van der Waals surface area contributed by atoms with Gasteiger partial charge >= 0.3 is 0 Å². The number of fused-ring (bicyclic) bond motifs is 2. The second kappa shape index (κ2) is 7.20. The first kappa shape index (κ1) is 18.9. The lowest BCUT2D eigenvalue weighted by Crippen LogP contribution is -2.41. The lowest BCUT2D eigenvalue weighted by atomic mass is 9.74. The summed E-state index contributed by atoms with van der Waals surface area (Å²) in [4.78, 5) is 14.8. The summed E-state index contributed by atoms with van der Waals surface area (Å²) in [7, 11) is -3.40. The van der Waals surface area contributed by atoms with E-state index in [4.69, 9.17) is 0 Å². The molecule has 0 fully saturated rings. The van der Waals surface area contributed by atoms with Gasteiger partial charge in [-0.3, -0.25) is 4.79 Å². The van der Waals surface area contributed by atoms with Crippen LogP contribution in [0.2, 0.25) is 0 Å². The van der Waals surface area contributed by atoms with Gasteiger partial charge in [-0.25, -0.2) is 8.42 Å². The molecule has 1 aromatic carbocycles. The summed E-state index contributed by atoms with van der Waals surface area (Å²) in [6.45, 7) is 4.71. The number of hydrogen-bond donors (Lipinski definition) is 1. The zero-order chi connectivity index (χ0) is 19.9. The van der Waals surface area contributed by atoms with Crippen molar-refractivity contribution in [2.45, 2.75) is 32.7 Å². The van der Waals surface area contributed by atoms with Gasteiger partial charge in [-0.1, -0.05) is 38.1 Å². The average molecular weight is 400 g/mol. The number of nitrogens with zero attached hydrogens (tertiary/aromatic N) is 2. The summed E-state index contributed by atoms with van der Waals surface area (Å²) in [5.41, 5.74) is 3.02. The molecule has 2 heterocycles. The molecule has 1 aliphatic carbocycles. The van der Waals surface area contributed by atoms with Crippen molar-refractivity contribution in [3.8, 4) is 0 Å². The van der Waals surface area contributed by atoms with E-state index in [9.17, 15) is 13.2 Å². The highest BCUT2D eigenvalue weighted by Gasteiger charge is 2.33. The fraction of sp³-hybridized carbons (Fsp3) is 0.429. The van der Waals surface area contributed by atoms with Crippen LogP contribution in [0, 0.1) is 11.8 Å². The fourth-order valence-electron chi connectivity index (χ4n) is 4.25. The van der Waals surface area contributed by atoms with Crippen LogP contribution in [0.4, 0.5) is 0 Å². The highest BCUT2D eigenvalue weighted by atomic mass is 32.2. The molecule has 1 N–H and O–H groups in total. The predicted molar refractivity (Wildman–Crippen MR) is 109 cm³/mol. The van der Waals surface area contributed by atoms with Crippen LogP contribution in [-0.4, -0.2) is 37.4 Å². The maximum Gasteiger partial charge on any atom is 0.256 e. The van der Waals surface area contributed by atoms with Gasteiger partial charge in [0.2, 0.25) is 0 Å². The molecule has 0 spiro atoms. The minimum Gasteiger partial charge on any atom is -0.345 e. The molecule has 148 valence electrons. The molecule has 0 saturated heterocycles. The van der Waals surface area contributed by atoms with Crippen molar-refractivity contribution in [2.75, 3.05) is 12.3 Å². The van der Waals surface area contributed by atoms with Gasteiger partial charge in [0.05, 0.1) is 17.4 Å². The quantitative estimate of drug-likeness (QED) is 0.847. The summed E-state index contributed by atoms with van der Waals surface area (Å²) < 4.78 is 27.1. The summed E-state index contributed by atoms with van der Waals surface area (Å²) in [6, 6.07) is 8.30. The van der Waals surface area contributed by atoms with Gasteiger partial charge in [0, 0.05) is 12.7 Å². The van der Waals surface area contributed by atoms with Crippen LogP contribution in [0.3, 0.4) is 0 Å². The number of nitrogens with one attached hydrogen (secondary N) is 1. The van der Waals surface area contributed by atoms with Crippen LogP contribution in [0.25, 0.3) is 0 Å². The first-order valence-electron chi connectivity index (χ1n) is 9.72. The topological polar surface area (TPSA) is 78.8 Å². The molecule has 3 aliphatic rings. The molecule has 7 heteroatoms. The van der Waals surface area contributed by atoms with Gasteiger partial charge in [0.15, 0.2) is 0 Å². The van der Waals surface area contributed by atoms with E-state index in [2.05, 4.69) is 35.7 Å². The third-order valence-corrected chi connectivity index (χ3v) is 6.96. The molecule has 28 heavy (non-hydrogen) atoms.